The Morgan fingerprint density at radius 3 is 1.72 bits per heavy atom. The zero-order valence-electron chi connectivity index (χ0n) is 23.2. The highest BCUT2D eigenvalue weighted by atomic mass is 32.1. The molecule has 2 aromatic heterocycles. The van der Waals surface area contributed by atoms with Crippen LogP contribution in [0.5, 0.6) is 0 Å². The zero-order chi connectivity index (χ0) is 28.6. The highest BCUT2D eigenvalue weighted by Crippen LogP contribution is 2.37. The summed E-state index contributed by atoms with van der Waals surface area (Å²) < 4.78 is 2.50. The Balaban J connectivity index is 1.30. The van der Waals surface area contributed by atoms with E-state index in [-0.39, 0.29) is 0 Å². The SMILES string of the molecule is c1ccc(-c2cccc(-c3ccccc3-c3nc(-c4ccccc4)nc(-c4ccc5c(c4)sc4ccccc45)n3)c2)cc1. The molecule has 0 spiro atoms. The maximum atomic E-state index is 5.11. The Morgan fingerprint density at radius 1 is 0.326 bits per heavy atom. The van der Waals surface area contributed by atoms with E-state index in [1.807, 2.05) is 36.4 Å². The fourth-order valence-electron chi connectivity index (χ4n) is 5.63. The topological polar surface area (TPSA) is 38.7 Å². The van der Waals surface area contributed by atoms with Crippen LogP contribution >= 0.6 is 11.3 Å². The van der Waals surface area contributed by atoms with Gasteiger partial charge in [-0.25, -0.2) is 15.0 Å². The van der Waals surface area contributed by atoms with Crippen molar-refractivity contribution in [2.24, 2.45) is 0 Å². The van der Waals surface area contributed by atoms with Gasteiger partial charge in [-0.3, -0.25) is 0 Å². The maximum Gasteiger partial charge on any atom is 0.164 e. The lowest BCUT2D eigenvalue weighted by Crippen LogP contribution is -2.01. The fourth-order valence-corrected chi connectivity index (χ4v) is 6.78. The summed E-state index contributed by atoms with van der Waals surface area (Å²) in [6.07, 6.45) is 0. The molecular formula is C39H25N3S. The normalized spacial score (nSPS) is 11.3. The molecule has 0 fully saturated rings. The molecule has 6 aromatic carbocycles. The van der Waals surface area contributed by atoms with E-state index in [1.54, 1.807) is 11.3 Å². The zero-order valence-corrected chi connectivity index (χ0v) is 24.0. The van der Waals surface area contributed by atoms with Crippen LogP contribution in [-0.2, 0) is 0 Å². The first-order valence-corrected chi connectivity index (χ1v) is 15.1. The number of fused-ring (bicyclic) bond motifs is 3. The van der Waals surface area contributed by atoms with Gasteiger partial charge in [0.2, 0.25) is 0 Å². The van der Waals surface area contributed by atoms with Crippen LogP contribution in [0.1, 0.15) is 0 Å². The Hall–Kier alpha value is -5.45. The van der Waals surface area contributed by atoms with Crippen LogP contribution in [0.4, 0.5) is 0 Å². The molecule has 8 rings (SSSR count). The number of hydrogen-bond acceptors (Lipinski definition) is 4. The third-order valence-electron chi connectivity index (χ3n) is 7.75. The average Bonchev–Trinajstić information content (AvgIpc) is 3.47. The lowest BCUT2D eigenvalue weighted by molar-refractivity contribution is 1.07. The summed E-state index contributed by atoms with van der Waals surface area (Å²) in [5, 5.41) is 2.53. The Bertz CT molecular complexity index is 2240. The summed E-state index contributed by atoms with van der Waals surface area (Å²) in [5.74, 6) is 1.97. The average molecular weight is 568 g/mol. The number of benzene rings is 6. The summed E-state index contributed by atoms with van der Waals surface area (Å²) in [6.45, 7) is 0. The molecule has 0 bridgehead atoms. The molecule has 202 valence electrons. The van der Waals surface area contributed by atoms with Crippen LogP contribution in [0.2, 0.25) is 0 Å². The van der Waals surface area contributed by atoms with Gasteiger partial charge in [0.15, 0.2) is 17.5 Å². The molecule has 2 heterocycles. The quantitative estimate of drug-likeness (QED) is 0.208. The minimum Gasteiger partial charge on any atom is -0.208 e. The smallest absolute Gasteiger partial charge is 0.164 e. The maximum absolute atomic E-state index is 5.11. The van der Waals surface area contributed by atoms with E-state index in [0.29, 0.717) is 17.5 Å². The van der Waals surface area contributed by atoms with Crippen molar-refractivity contribution in [3.05, 3.63) is 152 Å². The summed E-state index contributed by atoms with van der Waals surface area (Å²) in [5.41, 5.74) is 7.46. The molecule has 3 nitrogen and oxygen atoms in total. The molecule has 0 radical (unpaired) electrons. The molecule has 43 heavy (non-hydrogen) atoms. The summed E-state index contributed by atoms with van der Waals surface area (Å²) in [7, 11) is 0. The van der Waals surface area contributed by atoms with E-state index < -0.39 is 0 Å². The predicted octanol–water partition coefficient (Wildman–Crippen LogP) is 10.6. The van der Waals surface area contributed by atoms with Crippen LogP contribution in [0, 0.1) is 0 Å². The first-order valence-electron chi connectivity index (χ1n) is 14.3. The van der Waals surface area contributed by atoms with Gasteiger partial charge in [0.1, 0.15) is 0 Å². The highest BCUT2D eigenvalue weighted by molar-refractivity contribution is 7.25. The van der Waals surface area contributed by atoms with Gasteiger partial charge >= 0.3 is 0 Å². The van der Waals surface area contributed by atoms with Crippen molar-refractivity contribution >= 4 is 31.5 Å². The van der Waals surface area contributed by atoms with Gasteiger partial charge in [-0.15, -0.1) is 11.3 Å². The largest absolute Gasteiger partial charge is 0.208 e. The molecule has 0 N–H and O–H groups in total. The summed E-state index contributed by atoms with van der Waals surface area (Å²) in [4.78, 5) is 15.2. The lowest BCUT2D eigenvalue weighted by atomic mass is 9.95. The molecule has 0 aliphatic heterocycles. The van der Waals surface area contributed by atoms with Gasteiger partial charge in [-0.05, 0) is 40.5 Å². The Kier molecular flexibility index (Phi) is 6.32. The minimum atomic E-state index is 0.654. The second kappa shape index (κ2) is 10.8. The molecule has 0 atom stereocenters. The molecule has 0 amide bonds. The first-order chi connectivity index (χ1) is 21.3. The van der Waals surface area contributed by atoms with Crippen molar-refractivity contribution in [2.45, 2.75) is 0 Å². The molecule has 8 aromatic rings. The van der Waals surface area contributed by atoms with Gasteiger partial charge in [0.05, 0.1) is 0 Å². The van der Waals surface area contributed by atoms with Crippen molar-refractivity contribution in [1.29, 1.82) is 0 Å². The Morgan fingerprint density at radius 2 is 0.907 bits per heavy atom. The summed E-state index contributed by atoms with van der Waals surface area (Å²) >= 11 is 1.80. The number of rotatable bonds is 5. The van der Waals surface area contributed by atoms with Crippen LogP contribution in [0.15, 0.2) is 152 Å². The molecule has 4 heteroatoms. The van der Waals surface area contributed by atoms with Gasteiger partial charge in [-0.1, -0.05) is 133 Å². The molecule has 0 aliphatic rings. The van der Waals surface area contributed by atoms with E-state index in [0.717, 1.165) is 27.8 Å². The van der Waals surface area contributed by atoms with Crippen molar-refractivity contribution in [2.75, 3.05) is 0 Å². The van der Waals surface area contributed by atoms with Gasteiger partial charge in [-0.2, -0.15) is 0 Å². The second-order valence-electron chi connectivity index (χ2n) is 10.5. The van der Waals surface area contributed by atoms with E-state index >= 15 is 0 Å². The summed E-state index contributed by atoms with van der Waals surface area (Å²) in [6, 6.07) is 52.7. The van der Waals surface area contributed by atoms with Gasteiger partial charge in [0.25, 0.3) is 0 Å². The van der Waals surface area contributed by atoms with Crippen molar-refractivity contribution in [3.63, 3.8) is 0 Å². The third-order valence-corrected chi connectivity index (χ3v) is 8.89. The van der Waals surface area contributed by atoms with Crippen LogP contribution in [0.25, 0.3) is 76.6 Å². The van der Waals surface area contributed by atoms with Gasteiger partial charge in [0, 0.05) is 36.9 Å². The van der Waals surface area contributed by atoms with Crippen molar-refractivity contribution in [1.82, 2.24) is 15.0 Å². The molecular weight excluding hydrogens is 543 g/mol. The minimum absolute atomic E-state index is 0.654. The monoisotopic (exact) mass is 567 g/mol. The number of thiophene rings is 1. The first kappa shape index (κ1) is 25.3. The van der Waals surface area contributed by atoms with Crippen molar-refractivity contribution < 1.29 is 0 Å². The molecule has 0 aliphatic carbocycles. The molecule has 0 unspecified atom stereocenters. The van der Waals surface area contributed by atoms with E-state index in [1.165, 1.54) is 31.3 Å². The standard InChI is InChI=1S/C39H25N3S/c1-3-12-26(13-4-1)28-16-11-17-29(24-28)31-18-7-8-20-34(31)39-41-37(27-14-5-2-6-15-27)40-38(42-39)30-22-23-33-32-19-9-10-21-35(32)43-36(33)25-30/h1-25H. The number of hydrogen-bond donors (Lipinski definition) is 0. The highest BCUT2D eigenvalue weighted by Gasteiger charge is 2.16. The van der Waals surface area contributed by atoms with E-state index in [9.17, 15) is 0 Å². The number of nitrogens with zero attached hydrogens (tertiary/aromatic N) is 3. The van der Waals surface area contributed by atoms with E-state index in [2.05, 4.69) is 115 Å². The predicted molar refractivity (Wildman–Crippen MR) is 180 cm³/mol. The Labute approximate surface area is 253 Å². The fraction of sp³-hybridized carbons (Fsp3) is 0. The van der Waals surface area contributed by atoms with Crippen LogP contribution in [-0.4, -0.2) is 15.0 Å². The van der Waals surface area contributed by atoms with Gasteiger partial charge < -0.3 is 0 Å². The van der Waals surface area contributed by atoms with Crippen LogP contribution < -0.4 is 0 Å². The molecule has 0 saturated carbocycles. The van der Waals surface area contributed by atoms with Crippen LogP contribution in [0.3, 0.4) is 0 Å². The third kappa shape index (κ3) is 4.78. The van der Waals surface area contributed by atoms with E-state index in [4.69, 9.17) is 15.0 Å². The lowest BCUT2D eigenvalue weighted by Gasteiger charge is -2.13. The second-order valence-corrected chi connectivity index (χ2v) is 11.6. The number of aromatic nitrogens is 3. The molecule has 0 saturated heterocycles. The van der Waals surface area contributed by atoms with Crippen molar-refractivity contribution in [3.8, 4) is 56.4 Å².